The van der Waals surface area contributed by atoms with Gasteiger partial charge in [-0.2, -0.15) is 0 Å². The lowest BCUT2D eigenvalue weighted by molar-refractivity contribution is -0.00768. The lowest BCUT2D eigenvalue weighted by Gasteiger charge is -2.34. The van der Waals surface area contributed by atoms with Crippen molar-refractivity contribution in [3.05, 3.63) is 0 Å². The third-order valence-electron chi connectivity index (χ3n) is 3.84. The zero-order valence-electron chi connectivity index (χ0n) is 10.3. The maximum absolute atomic E-state index is 9.76. The third-order valence-corrected chi connectivity index (χ3v) is 3.84. The molecule has 94 valence electrons. The van der Waals surface area contributed by atoms with Gasteiger partial charge in [0.1, 0.15) is 0 Å². The minimum absolute atomic E-state index is 0.337. The Bertz CT molecular complexity index is 198. The van der Waals surface area contributed by atoms with Gasteiger partial charge in [-0.25, -0.2) is 0 Å². The number of rotatable bonds is 6. The molecule has 3 heteroatoms. The second-order valence-electron chi connectivity index (χ2n) is 5.58. The molecule has 0 saturated heterocycles. The highest BCUT2D eigenvalue weighted by molar-refractivity contribution is 4.82. The summed E-state index contributed by atoms with van der Waals surface area (Å²) in [4.78, 5) is 0. The number of hydrogen-bond acceptors (Lipinski definition) is 3. The fourth-order valence-corrected chi connectivity index (χ4v) is 2.73. The molecule has 0 aliphatic heterocycles. The van der Waals surface area contributed by atoms with Crippen LogP contribution >= 0.6 is 0 Å². The van der Waals surface area contributed by atoms with E-state index in [0.717, 1.165) is 5.92 Å². The number of hydrogen-bond donors (Lipinski definition) is 2. The van der Waals surface area contributed by atoms with Crippen molar-refractivity contribution in [1.82, 2.24) is 5.32 Å². The summed E-state index contributed by atoms with van der Waals surface area (Å²) in [6.07, 6.45) is 7.54. The average Bonchev–Trinajstić information content (AvgIpc) is 2.72. The molecule has 0 aromatic heterocycles. The van der Waals surface area contributed by atoms with Crippen LogP contribution in [0.3, 0.4) is 0 Å². The first-order chi connectivity index (χ1) is 7.74. The molecule has 0 bridgehead atoms. The molecule has 2 aliphatic rings. The Morgan fingerprint density at radius 3 is 2.62 bits per heavy atom. The lowest BCUT2D eigenvalue weighted by Crippen LogP contribution is -2.44. The van der Waals surface area contributed by atoms with Crippen LogP contribution in [0, 0.1) is 5.92 Å². The van der Waals surface area contributed by atoms with Crippen molar-refractivity contribution < 1.29 is 9.84 Å². The largest absolute Gasteiger partial charge is 0.389 e. The van der Waals surface area contributed by atoms with Crippen LogP contribution < -0.4 is 5.32 Å². The first-order valence-electron chi connectivity index (χ1n) is 6.77. The Labute approximate surface area is 98.6 Å². The molecule has 2 fully saturated rings. The quantitative estimate of drug-likeness (QED) is 0.725. The molecule has 0 aromatic carbocycles. The van der Waals surface area contributed by atoms with E-state index < -0.39 is 0 Å². The van der Waals surface area contributed by atoms with Crippen molar-refractivity contribution in [2.75, 3.05) is 13.2 Å². The van der Waals surface area contributed by atoms with Gasteiger partial charge in [-0.1, -0.05) is 19.8 Å². The van der Waals surface area contributed by atoms with Crippen LogP contribution in [0.15, 0.2) is 0 Å². The summed E-state index contributed by atoms with van der Waals surface area (Å²) in [6.45, 7) is 3.46. The van der Waals surface area contributed by atoms with Crippen LogP contribution in [0.25, 0.3) is 0 Å². The van der Waals surface area contributed by atoms with Crippen LogP contribution in [0.5, 0.6) is 0 Å². The predicted molar refractivity (Wildman–Crippen MR) is 64.4 cm³/mol. The van der Waals surface area contributed by atoms with Crippen LogP contribution in [0.1, 0.15) is 45.4 Å². The Kier molecular flexibility index (Phi) is 4.62. The molecule has 16 heavy (non-hydrogen) atoms. The summed E-state index contributed by atoms with van der Waals surface area (Å²) in [5.41, 5.74) is 0. The van der Waals surface area contributed by atoms with Crippen molar-refractivity contribution in [3.8, 4) is 0 Å². The summed E-state index contributed by atoms with van der Waals surface area (Å²) in [5.74, 6) is 0.865. The second kappa shape index (κ2) is 5.99. The first kappa shape index (κ1) is 12.3. The number of ether oxygens (including phenoxy) is 1. The number of nitrogens with one attached hydrogen (secondary N) is 1. The van der Waals surface area contributed by atoms with Gasteiger partial charge in [0.05, 0.1) is 18.8 Å². The summed E-state index contributed by atoms with van der Waals surface area (Å²) in [6, 6.07) is 0.635. The third kappa shape index (κ3) is 3.72. The van der Waals surface area contributed by atoms with Crippen molar-refractivity contribution >= 4 is 0 Å². The Morgan fingerprint density at radius 2 is 2.00 bits per heavy atom. The van der Waals surface area contributed by atoms with Crippen LogP contribution in [-0.2, 0) is 4.74 Å². The maximum atomic E-state index is 9.76. The van der Waals surface area contributed by atoms with Crippen LogP contribution in [-0.4, -0.2) is 36.5 Å². The number of aliphatic hydroxyl groups is 1. The fraction of sp³-hybridized carbons (Fsp3) is 1.00. The van der Waals surface area contributed by atoms with Crippen molar-refractivity contribution in [1.29, 1.82) is 0 Å². The lowest BCUT2D eigenvalue weighted by atomic mass is 9.82. The molecule has 0 radical (unpaired) electrons. The van der Waals surface area contributed by atoms with Gasteiger partial charge in [-0.05, 0) is 31.6 Å². The van der Waals surface area contributed by atoms with E-state index >= 15 is 0 Å². The molecule has 1 atom stereocenters. The highest BCUT2D eigenvalue weighted by Crippen LogP contribution is 2.26. The summed E-state index contributed by atoms with van der Waals surface area (Å²) >= 11 is 0. The smallest absolute Gasteiger partial charge is 0.0897 e. The van der Waals surface area contributed by atoms with E-state index in [1.54, 1.807) is 0 Å². The summed E-state index contributed by atoms with van der Waals surface area (Å²) in [7, 11) is 0. The molecule has 2 saturated carbocycles. The topological polar surface area (TPSA) is 41.5 Å². The minimum atomic E-state index is -0.337. The van der Waals surface area contributed by atoms with Gasteiger partial charge in [0, 0.05) is 12.6 Å². The van der Waals surface area contributed by atoms with E-state index in [2.05, 4.69) is 12.2 Å². The van der Waals surface area contributed by atoms with Gasteiger partial charge >= 0.3 is 0 Å². The van der Waals surface area contributed by atoms with Gasteiger partial charge in [0.25, 0.3) is 0 Å². The Morgan fingerprint density at radius 1 is 1.31 bits per heavy atom. The molecule has 0 aromatic rings. The molecule has 0 amide bonds. The Balaban J connectivity index is 1.49. The average molecular weight is 227 g/mol. The minimum Gasteiger partial charge on any atom is -0.389 e. The van der Waals surface area contributed by atoms with Crippen molar-refractivity contribution in [2.45, 2.75) is 63.7 Å². The highest BCUT2D eigenvalue weighted by atomic mass is 16.5. The van der Waals surface area contributed by atoms with Gasteiger partial charge in [0.2, 0.25) is 0 Å². The summed E-state index contributed by atoms with van der Waals surface area (Å²) in [5, 5.41) is 13.2. The normalized spacial score (nSPS) is 32.6. The standard InChI is InChI=1S/C13H25NO2/c1-10-6-11(7-10)14-8-12(15)9-16-13-4-2-3-5-13/h10-15H,2-9H2,1H3. The van der Waals surface area contributed by atoms with Crippen molar-refractivity contribution in [3.63, 3.8) is 0 Å². The molecule has 2 N–H and O–H groups in total. The predicted octanol–water partition coefficient (Wildman–Crippen LogP) is 1.69. The Hall–Kier alpha value is -0.120. The molecule has 0 spiro atoms. The SMILES string of the molecule is CC1CC(NCC(O)COC2CCCC2)C1. The van der Waals surface area contributed by atoms with Gasteiger partial charge < -0.3 is 15.2 Å². The molecule has 2 rings (SSSR count). The van der Waals surface area contributed by atoms with Crippen LogP contribution in [0.4, 0.5) is 0 Å². The monoisotopic (exact) mass is 227 g/mol. The van der Waals surface area contributed by atoms with Gasteiger partial charge in [0.15, 0.2) is 0 Å². The van der Waals surface area contributed by atoms with Crippen molar-refractivity contribution in [2.24, 2.45) is 5.92 Å². The summed E-state index contributed by atoms with van der Waals surface area (Å²) < 4.78 is 5.68. The van der Waals surface area contributed by atoms with E-state index in [0.29, 0.717) is 25.3 Å². The molecular weight excluding hydrogens is 202 g/mol. The second-order valence-corrected chi connectivity index (χ2v) is 5.58. The number of aliphatic hydroxyl groups excluding tert-OH is 1. The molecule has 1 unspecified atom stereocenters. The zero-order chi connectivity index (χ0) is 11.4. The molecule has 0 heterocycles. The van der Waals surface area contributed by atoms with E-state index in [-0.39, 0.29) is 6.10 Å². The maximum Gasteiger partial charge on any atom is 0.0897 e. The highest BCUT2D eigenvalue weighted by Gasteiger charge is 2.25. The van der Waals surface area contributed by atoms with E-state index in [9.17, 15) is 5.11 Å². The van der Waals surface area contributed by atoms with Gasteiger partial charge in [-0.15, -0.1) is 0 Å². The molecule has 2 aliphatic carbocycles. The zero-order valence-corrected chi connectivity index (χ0v) is 10.3. The van der Waals surface area contributed by atoms with Crippen LogP contribution in [0.2, 0.25) is 0 Å². The molecule has 3 nitrogen and oxygen atoms in total. The molecular formula is C13H25NO2. The van der Waals surface area contributed by atoms with E-state index in [4.69, 9.17) is 4.74 Å². The first-order valence-corrected chi connectivity index (χ1v) is 6.77. The van der Waals surface area contributed by atoms with E-state index in [1.165, 1.54) is 38.5 Å². The fourth-order valence-electron chi connectivity index (χ4n) is 2.73. The van der Waals surface area contributed by atoms with E-state index in [1.807, 2.05) is 0 Å². The van der Waals surface area contributed by atoms with Gasteiger partial charge in [-0.3, -0.25) is 0 Å².